The summed E-state index contributed by atoms with van der Waals surface area (Å²) in [4.78, 5) is 1.27. The predicted molar refractivity (Wildman–Crippen MR) is 141 cm³/mol. The summed E-state index contributed by atoms with van der Waals surface area (Å²) in [5, 5.41) is 42.8. The lowest BCUT2D eigenvalue weighted by Gasteiger charge is -2.15. The minimum absolute atomic E-state index is 0.139. The van der Waals surface area contributed by atoms with E-state index in [1.165, 1.54) is 11.8 Å². The summed E-state index contributed by atoms with van der Waals surface area (Å²) in [5.41, 5.74) is 6.96. The Morgan fingerprint density at radius 2 is 0.857 bits per heavy atom. The second-order valence-electron chi connectivity index (χ2n) is 9.26. The van der Waals surface area contributed by atoms with Crippen molar-refractivity contribution in [3.8, 4) is 23.0 Å². The highest BCUT2D eigenvalue weighted by atomic mass is 32.2. The van der Waals surface area contributed by atoms with Crippen LogP contribution in [0.15, 0.2) is 70.5 Å². The van der Waals surface area contributed by atoms with Crippen molar-refractivity contribution in [3.05, 3.63) is 105 Å². The van der Waals surface area contributed by atoms with E-state index in [2.05, 4.69) is 0 Å². The molecule has 0 saturated carbocycles. The van der Waals surface area contributed by atoms with Gasteiger partial charge in [-0.15, -0.1) is 0 Å². The summed E-state index contributed by atoms with van der Waals surface area (Å²) in [5.74, 6) is 0.678. The van der Waals surface area contributed by atoms with E-state index in [-0.39, 0.29) is 23.0 Å². The van der Waals surface area contributed by atoms with Crippen molar-refractivity contribution in [1.82, 2.24) is 0 Å². The molecule has 0 radical (unpaired) electrons. The molecule has 0 unspecified atom stereocenters. The minimum atomic E-state index is 0.139. The Labute approximate surface area is 210 Å². The van der Waals surface area contributed by atoms with Crippen molar-refractivity contribution in [2.75, 3.05) is 0 Å². The van der Waals surface area contributed by atoms with Crippen LogP contribution in [0.25, 0.3) is 0 Å². The fraction of sp³-hybridized carbons (Fsp3) is 0.200. The number of hydrogen-bond acceptors (Lipinski definition) is 5. The Hall–Kier alpha value is -3.57. The summed E-state index contributed by atoms with van der Waals surface area (Å²) in [6.45, 7) is 7.86. The lowest BCUT2D eigenvalue weighted by molar-refractivity contribution is 0.451. The van der Waals surface area contributed by atoms with Gasteiger partial charge in [0.05, 0.1) is 9.79 Å². The number of phenolic OH excluding ortho intramolecular Hbond substituents is 4. The monoisotopic (exact) mass is 486 g/mol. The van der Waals surface area contributed by atoms with Crippen molar-refractivity contribution in [1.29, 1.82) is 0 Å². The van der Waals surface area contributed by atoms with Crippen LogP contribution >= 0.6 is 11.8 Å². The van der Waals surface area contributed by atoms with Gasteiger partial charge >= 0.3 is 0 Å². The third-order valence-electron chi connectivity index (χ3n) is 6.05. The zero-order chi connectivity index (χ0) is 25.3. The molecule has 0 amide bonds. The van der Waals surface area contributed by atoms with Crippen molar-refractivity contribution >= 4 is 11.8 Å². The van der Waals surface area contributed by atoms with E-state index < -0.39 is 0 Å². The van der Waals surface area contributed by atoms with E-state index >= 15 is 0 Å². The SMILES string of the molecule is Cc1ccc(O)c(Cc2cc(C)cc(Sc3cc(C)cc(Cc4cc(C)ccc4O)c3O)c2O)c1. The molecule has 0 saturated heterocycles. The van der Waals surface area contributed by atoms with E-state index in [1.54, 1.807) is 12.1 Å². The van der Waals surface area contributed by atoms with Crippen LogP contribution in [0.5, 0.6) is 23.0 Å². The zero-order valence-corrected chi connectivity index (χ0v) is 21.2. The Morgan fingerprint density at radius 3 is 1.26 bits per heavy atom. The fourth-order valence-corrected chi connectivity index (χ4v) is 5.48. The number of rotatable bonds is 6. The molecular weight excluding hydrogens is 456 g/mol. The van der Waals surface area contributed by atoms with Gasteiger partial charge in [-0.1, -0.05) is 59.3 Å². The van der Waals surface area contributed by atoms with Gasteiger partial charge in [-0.05, 0) is 85.3 Å². The van der Waals surface area contributed by atoms with Crippen molar-refractivity contribution in [2.24, 2.45) is 0 Å². The number of aromatic hydroxyl groups is 4. The van der Waals surface area contributed by atoms with E-state index in [0.717, 1.165) is 33.4 Å². The molecular formula is C30H30O4S. The van der Waals surface area contributed by atoms with Gasteiger partial charge in [-0.2, -0.15) is 0 Å². The molecule has 0 bridgehead atoms. The van der Waals surface area contributed by atoms with Gasteiger partial charge in [0.25, 0.3) is 0 Å². The van der Waals surface area contributed by atoms with Gasteiger partial charge in [0, 0.05) is 12.8 Å². The fourth-order valence-electron chi connectivity index (χ4n) is 4.30. The molecule has 0 aliphatic carbocycles. The van der Waals surface area contributed by atoms with E-state index in [9.17, 15) is 20.4 Å². The van der Waals surface area contributed by atoms with Gasteiger partial charge in [-0.3, -0.25) is 0 Å². The average Bonchev–Trinajstić information content (AvgIpc) is 2.79. The summed E-state index contributed by atoms with van der Waals surface area (Å²) < 4.78 is 0. The zero-order valence-electron chi connectivity index (χ0n) is 20.4. The lowest BCUT2D eigenvalue weighted by Crippen LogP contribution is -1.95. The largest absolute Gasteiger partial charge is 0.508 e. The van der Waals surface area contributed by atoms with Crippen LogP contribution in [-0.2, 0) is 12.8 Å². The third kappa shape index (κ3) is 5.57. The third-order valence-corrected chi connectivity index (χ3v) is 7.11. The Morgan fingerprint density at radius 1 is 0.486 bits per heavy atom. The van der Waals surface area contributed by atoms with Gasteiger partial charge in [0.1, 0.15) is 23.0 Å². The minimum Gasteiger partial charge on any atom is -0.508 e. The molecule has 4 aromatic carbocycles. The first-order chi connectivity index (χ1) is 16.6. The molecule has 0 aromatic heterocycles. The van der Waals surface area contributed by atoms with Crippen molar-refractivity contribution in [2.45, 2.75) is 50.3 Å². The standard InChI is InChI=1S/C30H30O4S/c1-17-5-7-25(31)21(9-17)15-23-11-19(3)13-27(29(23)33)35-28-14-20(4)12-24(30(28)34)16-22-10-18(2)6-8-26(22)32/h5-14,31-34H,15-16H2,1-4H3. The molecule has 0 heterocycles. The maximum atomic E-state index is 11.1. The highest BCUT2D eigenvalue weighted by molar-refractivity contribution is 7.99. The molecule has 0 fully saturated rings. The van der Waals surface area contributed by atoms with Crippen molar-refractivity contribution < 1.29 is 20.4 Å². The summed E-state index contributed by atoms with van der Waals surface area (Å²) in [6.07, 6.45) is 0.790. The number of aryl methyl sites for hydroxylation is 4. The van der Waals surface area contributed by atoms with Gasteiger partial charge in [0.2, 0.25) is 0 Å². The van der Waals surface area contributed by atoms with Gasteiger partial charge < -0.3 is 20.4 Å². The summed E-state index contributed by atoms with van der Waals surface area (Å²) >= 11 is 1.31. The summed E-state index contributed by atoms with van der Waals surface area (Å²) in [6, 6.07) is 18.5. The van der Waals surface area contributed by atoms with E-state index in [4.69, 9.17) is 0 Å². The highest BCUT2D eigenvalue weighted by Crippen LogP contribution is 2.44. The maximum absolute atomic E-state index is 11.1. The second kappa shape index (κ2) is 9.96. The van der Waals surface area contributed by atoms with E-state index in [0.29, 0.717) is 33.8 Å². The Kier molecular flexibility index (Phi) is 6.99. The van der Waals surface area contributed by atoms with Crippen LogP contribution in [-0.4, -0.2) is 20.4 Å². The molecule has 4 rings (SSSR count). The molecule has 0 aliphatic rings. The first-order valence-electron chi connectivity index (χ1n) is 11.5. The first-order valence-corrected chi connectivity index (χ1v) is 12.3. The number of phenols is 4. The number of hydrogen-bond donors (Lipinski definition) is 4. The second-order valence-corrected chi connectivity index (χ2v) is 10.3. The Balaban J connectivity index is 1.68. The summed E-state index contributed by atoms with van der Waals surface area (Å²) in [7, 11) is 0. The predicted octanol–water partition coefficient (Wildman–Crippen LogP) is 7.08. The highest BCUT2D eigenvalue weighted by Gasteiger charge is 2.17. The van der Waals surface area contributed by atoms with Crippen LogP contribution in [0, 0.1) is 27.7 Å². The lowest BCUT2D eigenvalue weighted by atomic mass is 10.00. The van der Waals surface area contributed by atoms with Crippen molar-refractivity contribution in [3.63, 3.8) is 0 Å². The molecule has 4 aromatic rings. The molecule has 5 heteroatoms. The van der Waals surface area contributed by atoms with E-state index in [1.807, 2.05) is 76.2 Å². The number of benzene rings is 4. The molecule has 0 aliphatic heterocycles. The first kappa shape index (κ1) is 24.6. The van der Waals surface area contributed by atoms with Crippen LogP contribution in [0.2, 0.25) is 0 Å². The molecule has 180 valence electrons. The smallest absolute Gasteiger partial charge is 0.133 e. The molecule has 0 spiro atoms. The molecule has 4 N–H and O–H groups in total. The maximum Gasteiger partial charge on any atom is 0.133 e. The average molecular weight is 487 g/mol. The van der Waals surface area contributed by atoms with Crippen LogP contribution in [0.4, 0.5) is 0 Å². The normalized spacial score (nSPS) is 11.1. The molecule has 35 heavy (non-hydrogen) atoms. The quantitative estimate of drug-likeness (QED) is 0.234. The van der Waals surface area contributed by atoms with Crippen LogP contribution in [0.3, 0.4) is 0 Å². The topological polar surface area (TPSA) is 80.9 Å². The Bertz CT molecular complexity index is 1300. The molecule has 0 atom stereocenters. The van der Waals surface area contributed by atoms with Gasteiger partial charge in [-0.25, -0.2) is 0 Å². The van der Waals surface area contributed by atoms with Crippen LogP contribution < -0.4 is 0 Å². The van der Waals surface area contributed by atoms with Crippen LogP contribution in [0.1, 0.15) is 44.5 Å². The van der Waals surface area contributed by atoms with Gasteiger partial charge in [0.15, 0.2) is 0 Å². The molecule has 4 nitrogen and oxygen atoms in total.